The normalized spacial score (nSPS) is 14.0. The highest BCUT2D eigenvalue weighted by molar-refractivity contribution is 5.37. The van der Waals surface area contributed by atoms with Crippen LogP contribution < -0.4 is 0 Å². The number of carbonyl (C=O) groups excluding carboxylic acids is 1. The first-order chi connectivity index (χ1) is 5.52. The molecule has 0 radical (unpaired) electrons. The van der Waals surface area contributed by atoms with Gasteiger partial charge in [-0.25, -0.2) is 0 Å². The predicted octanol–water partition coefficient (Wildman–Crippen LogP) is 2.76. The van der Waals surface area contributed by atoms with Crippen LogP contribution in [0.3, 0.4) is 0 Å². The second-order valence-electron chi connectivity index (χ2n) is 4.16. The third-order valence-corrected chi connectivity index (χ3v) is 2.05. The lowest BCUT2D eigenvalue weighted by molar-refractivity contribution is -0.134. The summed E-state index contributed by atoms with van der Waals surface area (Å²) in [6.45, 7) is 9.06. The first-order valence-corrected chi connectivity index (χ1v) is 4.61. The van der Waals surface area contributed by atoms with Gasteiger partial charge in [0.05, 0.1) is 6.10 Å². The number of carbonyl (C=O) groups is 1. The highest BCUT2D eigenvalue weighted by atomic mass is 16.5. The largest absolute Gasteiger partial charge is 0.465 e. The number of ether oxygens (including phenoxy) is 1. The van der Waals surface area contributed by atoms with Crippen molar-refractivity contribution in [2.24, 2.45) is 5.41 Å². The zero-order valence-corrected chi connectivity index (χ0v) is 8.59. The van der Waals surface area contributed by atoms with Crippen molar-refractivity contribution in [2.75, 3.05) is 0 Å². The molecule has 72 valence electrons. The maximum absolute atomic E-state index is 10.0. The molecule has 0 aliphatic carbocycles. The lowest BCUT2D eigenvalue weighted by Crippen LogP contribution is -2.20. The Balaban J connectivity index is 3.78. The summed E-state index contributed by atoms with van der Waals surface area (Å²) in [6.07, 6.45) is 3.35. The average Bonchev–Trinajstić information content (AvgIpc) is 1.85. The van der Waals surface area contributed by atoms with Crippen molar-refractivity contribution in [3.05, 3.63) is 0 Å². The third-order valence-electron chi connectivity index (χ3n) is 2.05. The summed E-state index contributed by atoms with van der Waals surface area (Å²) in [5.41, 5.74) is 0.289. The van der Waals surface area contributed by atoms with Crippen LogP contribution in [0.25, 0.3) is 0 Å². The predicted molar refractivity (Wildman–Crippen MR) is 49.9 cm³/mol. The SMILES string of the molecule is CCCC(C)(C)CC(C)OC=O. The van der Waals surface area contributed by atoms with Crippen LogP contribution in [0.5, 0.6) is 0 Å². The Hall–Kier alpha value is -0.530. The zero-order valence-electron chi connectivity index (χ0n) is 8.59. The lowest BCUT2D eigenvalue weighted by Gasteiger charge is -2.26. The molecule has 12 heavy (non-hydrogen) atoms. The fourth-order valence-electron chi connectivity index (χ4n) is 1.70. The third kappa shape index (κ3) is 5.16. The standard InChI is InChI=1S/C10H20O2/c1-5-6-10(3,4)7-9(2)12-8-11/h8-9H,5-7H2,1-4H3. The van der Waals surface area contributed by atoms with Crippen LogP contribution >= 0.6 is 0 Å². The van der Waals surface area contributed by atoms with E-state index >= 15 is 0 Å². The molecule has 0 aliphatic heterocycles. The Bertz CT molecular complexity index is 130. The van der Waals surface area contributed by atoms with Gasteiger partial charge in [-0.2, -0.15) is 0 Å². The summed E-state index contributed by atoms with van der Waals surface area (Å²) in [5.74, 6) is 0. The van der Waals surface area contributed by atoms with E-state index < -0.39 is 0 Å². The minimum atomic E-state index is 0.0454. The van der Waals surface area contributed by atoms with Gasteiger partial charge in [0, 0.05) is 0 Å². The zero-order chi connectivity index (χ0) is 9.61. The van der Waals surface area contributed by atoms with Gasteiger partial charge in [-0.15, -0.1) is 0 Å². The van der Waals surface area contributed by atoms with Crippen LogP contribution in [-0.2, 0) is 9.53 Å². The molecule has 0 fully saturated rings. The molecule has 2 nitrogen and oxygen atoms in total. The first-order valence-electron chi connectivity index (χ1n) is 4.61. The van der Waals surface area contributed by atoms with Crippen molar-refractivity contribution in [3.8, 4) is 0 Å². The van der Waals surface area contributed by atoms with E-state index in [0.717, 1.165) is 6.42 Å². The minimum Gasteiger partial charge on any atom is -0.465 e. The maximum atomic E-state index is 10.0. The van der Waals surface area contributed by atoms with E-state index in [4.69, 9.17) is 4.74 Å². The molecular weight excluding hydrogens is 152 g/mol. The van der Waals surface area contributed by atoms with Crippen molar-refractivity contribution in [2.45, 2.75) is 53.1 Å². The number of rotatable bonds is 6. The number of hydrogen-bond donors (Lipinski definition) is 0. The highest BCUT2D eigenvalue weighted by Gasteiger charge is 2.20. The Morgan fingerprint density at radius 3 is 2.50 bits per heavy atom. The molecule has 0 bridgehead atoms. The van der Waals surface area contributed by atoms with Gasteiger partial charge < -0.3 is 4.74 Å². The highest BCUT2D eigenvalue weighted by Crippen LogP contribution is 2.28. The summed E-state index contributed by atoms with van der Waals surface area (Å²) in [5, 5.41) is 0. The molecule has 0 spiro atoms. The van der Waals surface area contributed by atoms with E-state index in [2.05, 4.69) is 20.8 Å². The van der Waals surface area contributed by atoms with E-state index in [-0.39, 0.29) is 11.5 Å². The monoisotopic (exact) mass is 172 g/mol. The van der Waals surface area contributed by atoms with Crippen molar-refractivity contribution in [1.29, 1.82) is 0 Å². The molecule has 0 rings (SSSR count). The topological polar surface area (TPSA) is 26.3 Å². The van der Waals surface area contributed by atoms with Crippen molar-refractivity contribution in [3.63, 3.8) is 0 Å². The van der Waals surface area contributed by atoms with Crippen LogP contribution in [0.15, 0.2) is 0 Å². The van der Waals surface area contributed by atoms with Gasteiger partial charge in [0.15, 0.2) is 0 Å². The van der Waals surface area contributed by atoms with E-state index in [0.29, 0.717) is 6.47 Å². The molecule has 0 aromatic rings. The summed E-state index contributed by atoms with van der Waals surface area (Å²) < 4.78 is 4.84. The van der Waals surface area contributed by atoms with Gasteiger partial charge in [0.2, 0.25) is 0 Å². The van der Waals surface area contributed by atoms with Crippen molar-refractivity contribution >= 4 is 6.47 Å². The minimum absolute atomic E-state index is 0.0454. The molecule has 0 amide bonds. The molecular formula is C10H20O2. The Morgan fingerprint density at radius 1 is 1.50 bits per heavy atom. The molecule has 1 atom stereocenters. The van der Waals surface area contributed by atoms with Crippen LogP contribution in [-0.4, -0.2) is 12.6 Å². The van der Waals surface area contributed by atoms with Crippen LogP contribution in [0.2, 0.25) is 0 Å². The van der Waals surface area contributed by atoms with Crippen LogP contribution in [0.1, 0.15) is 47.0 Å². The van der Waals surface area contributed by atoms with Crippen LogP contribution in [0.4, 0.5) is 0 Å². The molecule has 0 saturated carbocycles. The van der Waals surface area contributed by atoms with Crippen LogP contribution in [0, 0.1) is 5.41 Å². The average molecular weight is 172 g/mol. The van der Waals surface area contributed by atoms with Gasteiger partial charge in [-0.3, -0.25) is 4.79 Å². The molecule has 2 heteroatoms. The van der Waals surface area contributed by atoms with Gasteiger partial charge in [-0.1, -0.05) is 27.2 Å². The van der Waals surface area contributed by atoms with Crippen molar-refractivity contribution in [1.82, 2.24) is 0 Å². The van der Waals surface area contributed by atoms with Gasteiger partial charge in [-0.05, 0) is 25.2 Å². The number of hydrogen-bond acceptors (Lipinski definition) is 2. The molecule has 0 N–H and O–H groups in total. The summed E-state index contributed by atoms with van der Waals surface area (Å²) in [6, 6.07) is 0. The second kappa shape index (κ2) is 5.18. The molecule has 0 aliphatic rings. The molecule has 0 aromatic heterocycles. The quantitative estimate of drug-likeness (QED) is 0.576. The fourth-order valence-corrected chi connectivity index (χ4v) is 1.70. The smallest absolute Gasteiger partial charge is 0.293 e. The maximum Gasteiger partial charge on any atom is 0.293 e. The Morgan fingerprint density at radius 2 is 2.08 bits per heavy atom. The first kappa shape index (κ1) is 11.5. The summed E-state index contributed by atoms with van der Waals surface area (Å²) in [7, 11) is 0. The molecule has 0 aromatic carbocycles. The lowest BCUT2D eigenvalue weighted by atomic mass is 9.83. The second-order valence-corrected chi connectivity index (χ2v) is 4.16. The summed E-state index contributed by atoms with van der Waals surface area (Å²) in [4.78, 5) is 10.0. The summed E-state index contributed by atoms with van der Waals surface area (Å²) >= 11 is 0. The van der Waals surface area contributed by atoms with E-state index in [9.17, 15) is 4.79 Å². The molecule has 0 saturated heterocycles. The van der Waals surface area contributed by atoms with Gasteiger partial charge in [0.25, 0.3) is 6.47 Å². The molecule has 1 unspecified atom stereocenters. The Labute approximate surface area is 75.3 Å². The van der Waals surface area contributed by atoms with E-state index in [1.54, 1.807) is 0 Å². The van der Waals surface area contributed by atoms with E-state index in [1.807, 2.05) is 6.92 Å². The Kier molecular flexibility index (Phi) is 4.95. The molecule has 0 heterocycles. The van der Waals surface area contributed by atoms with Gasteiger partial charge in [0.1, 0.15) is 0 Å². The van der Waals surface area contributed by atoms with Crippen molar-refractivity contribution < 1.29 is 9.53 Å². The van der Waals surface area contributed by atoms with Gasteiger partial charge >= 0.3 is 0 Å². The fraction of sp³-hybridized carbons (Fsp3) is 0.900. The van der Waals surface area contributed by atoms with E-state index in [1.165, 1.54) is 12.8 Å².